The summed E-state index contributed by atoms with van der Waals surface area (Å²) in [4.78, 5) is 17.2. The highest BCUT2D eigenvalue weighted by atomic mass is 35.5. The predicted molar refractivity (Wildman–Crippen MR) is 138 cm³/mol. The number of hydrogen-bond donors (Lipinski definition) is 0. The third kappa shape index (κ3) is 5.18. The molecular weight excluding hydrogens is 446 g/mol. The highest BCUT2D eigenvalue weighted by Crippen LogP contribution is 2.46. The van der Waals surface area contributed by atoms with Crippen LogP contribution >= 0.6 is 11.6 Å². The first kappa shape index (κ1) is 24.4. The number of anilines is 2. The number of halogens is 1. The van der Waals surface area contributed by atoms with Crippen LogP contribution < -0.4 is 9.80 Å². The summed E-state index contributed by atoms with van der Waals surface area (Å²) in [6, 6.07) is 16.3. The van der Waals surface area contributed by atoms with E-state index in [9.17, 15) is 10.1 Å². The van der Waals surface area contributed by atoms with Crippen molar-refractivity contribution in [3.8, 4) is 6.07 Å². The molecular formula is C28H34ClN3O2. The maximum absolute atomic E-state index is 12.3. The number of rotatable bonds is 4. The molecule has 2 aliphatic rings. The predicted octanol–water partition coefficient (Wildman–Crippen LogP) is 6.44. The van der Waals surface area contributed by atoms with Crippen LogP contribution in [0.3, 0.4) is 0 Å². The van der Waals surface area contributed by atoms with Crippen LogP contribution in [0, 0.1) is 16.7 Å². The number of carbonyl (C=O) groups excluding carboxylic acids is 1. The van der Waals surface area contributed by atoms with Crippen molar-refractivity contribution in [2.45, 2.75) is 65.0 Å². The molecule has 180 valence electrons. The van der Waals surface area contributed by atoms with E-state index in [1.807, 2.05) is 63.2 Å². The summed E-state index contributed by atoms with van der Waals surface area (Å²) in [7, 11) is 0. The molecule has 2 saturated heterocycles. The van der Waals surface area contributed by atoms with E-state index in [2.05, 4.69) is 22.8 Å². The first-order chi connectivity index (χ1) is 16.1. The molecule has 0 N–H and O–H groups in total. The van der Waals surface area contributed by atoms with Gasteiger partial charge in [-0.2, -0.15) is 5.26 Å². The van der Waals surface area contributed by atoms with Gasteiger partial charge in [-0.1, -0.05) is 18.5 Å². The standard InChI is InChI=1S/C28H34ClN3O2/c1-5-22-17-28(19-32(22)24-11-8-21(18-30)25(29)16-24)12-14-31(15-13-28)23-9-6-20(7-10-23)26(33)34-27(2,3)4/h6-11,16,22H,5,12-15,17,19H2,1-4H3. The van der Waals surface area contributed by atoms with E-state index in [1.54, 1.807) is 0 Å². The third-order valence-corrected chi connectivity index (χ3v) is 7.50. The van der Waals surface area contributed by atoms with Crippen LogP contribution in [0.1, 0.15) is 69.3 Å². The quantitative estimate of drug-likeness (QED) is 0.472. The van der Waals surface area contributed by atoms with E-state index in [1.165, 1.54) is 6.42 Å². The summed E-state index contributed by atoms with van der Waals surface area (Å²) in [6.07, 6.45) is 4.55. The van der Waals surface area contributed by atoms with Crippen molar-refractivity contribution in [3.63, 3.8) is 0 Å². The van der Waals surface area contributed by atoms with Gasteiger partial charge in [0.05, 0.1) is 16.1 Å². The fourth-order valence-electron chi connectivity index (χ4n) is 5.35. The zero-order valence-corrected chi connectivity index (χ0v) is 21.4. The molecule has 2 heterocycles. The number of nitrogens with zero attached hydrogens (tertiary/aromatic N) is 3. The number of esters is 1. The van der Waals surface area contributed by atoms with Gasteiger partial charge in [-0.25, -0.2) is 4.79 Å². The van der Waals surface area contributed by atoms with Gasteiger partial charge >= 0.3 is 5.97 Å². The van der Waals surface area contributed by atoms with E-state index >= 15 is 0 Å². The lowest BCUT2D eigenvalue weighted by Crippen LogP contribution is -2.41. The molecule has 4 rings (SSSR count). The molecule has 0 amide bonds. The van der Waals surface area contributed by atoms with Gasteiger partial charge in [0.25, 0.3) is 0 Å². The number of benzene rings is 2. The zero-order chi connectivity index (χ0) is 24.5. The van der Waals surface area contributed by atoms with Crippen molar-refractivity contribution in [2.75, 3.05) is 29.4 Å². The van der Waals surface area contributed by atoms with E-state index in [0.29, 0.717) is 27.6 Å². The summed E-state index contributed by atoms with van der Waals surface area (Å²) in [5.41, 5.74) is 3.19. The SMILES string of the molecule is CCC1CC2(CCN(c3ccc(C(=O)OC(C)(C)C)cc3)CC2)CN1c1ccc(C#N)c(Cl)c1. The second-order valence-corrected chi connectivity index (χ2v) is 11.1. The van der Waals surface area contributed by atoms with Crippen molar-refractivity contribution in [2.24, 2.45) is 5.41 Å². The molecule has 0 radical (unpaired) electrons. The maximum atomic E-state index is 12.3. The van der Waals surface area contributed by atoms with Gasteiger partial charge in [-0.05, 0) is 94.3 Å². The molecule has 0 aliphatic carbocycles. The smallest absolute Gasteiger partial charge is 0.338 e. The first-order valence-electron chi connectivity index (χ1n) is 12.2. The maximum Gasteiger partial charge on any atom is 0.338 e. The molecule has 1 unspecified atom stereocenters. The second kappa shape index (κ2) is 9.50. The number of nitriles is 1. The van der Waals surface area contributed by atoms with Gasteiger partial charge in [0.2, 0.25) is 0 Å². The average Bonchev–Trinajstić information content (AvgIpc) is 3.16. The molecule has 34 heavy (non-hydrogen) atoms. The Morgan fingerprint density at radius 1 is 1.15 bits per heavy atom. The van der Waals surface area contributed by atoms with Crippen LogP contribution in [-0.2, 0) is 4.74 Å². The minimum atomic E-state index is -0.494. The molecule has 6 heteroatoms. The monoisotopic (exact) mass is 479 g/mol. The average molecular weight is 480 g/mol. The van der Waals surface area contributed by atoms with Crippen LogP contribution in [0.25, 0.3) is 0 Å². The Bertz CT molecular complexity index is 1080. The van der Waals surface area contributed by atoms with Gasteiger partial charge in [-0.3, -0.25) is 0 Å². The van der Waals surface area contributed by atoms with Crippen molar-refractivity contribution >= 4 is 28.9 Å². The lowest BCUT2D eigenvalue weighted by molar-refractivity contribution is 0.00695. The molecule has 1 spiro atoms. The largest absolute Gasteiger partial charge is 0.456 e. The molecule has 5 nitrogen and oxygen atoms in total. The molecule has 2 aliphatic heterocycles. The third-order valence-electron chi connectivity index (χ3n) is 7.18. The molecule has 2 aromatic rings. The van der Waals surface area contributed by atoms with Crippen molar-refractivity contribution in [1.82, 2.24) is 0 Å². The fourth-order valence-corrected chi connectivity index (χ4v) is 5.57. The Labute approximate surface area is 208 Å². The highest BCUT2D eigenvalue weighted by molar-refractivity contribution is 6.32. The van der Waals surface area contributed by atoms with Crippen molar-refractivity contribution in [3.05, 3.63) is 58.6 Å². The van der Waals surface area contributed by atoms with Crippen molar-refractivity contribution < 1.29 is 9.53 Å². The van der Waals surface area contributed by atoms with E-state index in [4.69, 9.17) is 16.3 Å². The normalized spacial score (nSPS) is 19.8. The Morgan fingerprint density at radius 3 is 2.35 bits per heavy atom. The summed E-state index contributed by atoms with van der Waals surface area (Å²) >= 11 is 6.34. The Kier molecular flexibility index (Phi) is 6.82. The Hall–Kier alpha value is -2.71. The first-order valence-corrected chi connectivity index (χ1v) is 12.6. The molecule has 2 fully saturated rings. The molecule has 0 bridgehead atoms. The van der Waals surface area contributed by atoms with Gasteiger partial charge in [0.1, 0.15) is 11.7 Å². The highest BCUT2D eigenvalue weighted by Gasteiger charge is 2.45. The van der Waals surface area contributed by atoms with Crippen LogP contribution in [0.2, 0.25) is 5.02 Å². The van der Waals surface area contributed by atoms with E-state index < -0.39 is 5.60 Å². The fraction of sp³-hybridized carbons (Fsp3) is 0.500. The molecule has 2 aromatic carbocycles. The van der Waals surface area contributed by atoms with Crippen LogP contribution in [0.5, 0.6) is 0 Å². The molecule has 0 saturated carbocycles. The minimum absolute atomic E-state index is 0.281. The van der Waals surface area contributed by atoms with Gasteiger partial charge in [0.15, 0.2) is 0 Å². The summed E-state index contributed by atoms with van der Waals surface area (Å²) in [5.74, 6) is -0.281. The van der Waals surface area contributed by atoms with Gasteiger partial charge < -0.3 is 14.5 Å². The van der Waals surface area contributed by atoms with Crippen LogP contribution in [-0.4, -0.2) is 37.2 Å². The van der Waals surface area contributed by atoms with Crippen LogP contribution in [0.4, 0.5) is 11.4 Å². The summed E-state index contributed by atoms with van der Waals surface area (Å²) in [5, 5.41) is 9.73. The Morgan fingerprint density at radius 2 is 1.79 bits per heavy atom. The number of piperidine rings is 1. The lowest BCUT2D eigenvalue weighted by atomic mass is 9.76. The summed E-state index contributed by atoms with van der Waals surface area (Å²) < 4.78 is 5.48. The van der Waals surface area contributed by atoms with E-state index in [0.717, 1.165) is 50.3 Å². The number of carbonyl (C=O) groups is 1. The lowest BCUT2D eigenvalue weighted by Gasteiger charge is -2.40. The second-order valence-electron chi connectivity index (χ2n) is 10.7. The van der Waals surface area contributed by atoms with Gasteiger partial charge in [-0.15, -0.1) is 0 Å². The van der Waals surface area contributed by atoms with E-state index in [-0.39, 0.29) is 5.97 Å². The molecule has 1 atom stereocenters. The zero-order valence-electron chi connectivity index (χ0n) is 20.6. The molecule has 0 aromatic heterocycles. The number of hydrogen-bond acceptors (Lipinski definition) is 5. The summed E-state index contributed by atoms with van der Waals surface area (Å²) in [6.45, 7) is 10.9. The van der Waals surface area contributed by atoms with Gasteiger partial charge in [0, 0.05) is 37.1 Å². The van der Waals surface area contributed by atoms with Crippen molar-refractivity contribution in [1.29, 1.82) is 5.26 Å². The number of ether oxygens (including phenoxy) is 1. The Balaban J connectivity index is 1.41. The minimum Gasteiger partial charge on any atom is -0.456 e. The van der Waals surface area contributed by atoms with Crippen LogP contribution in [0.15, 0.2) is 42.5 Å². The topological polar surface area (TPSA) is 56.6 Å².